The molecule has 0 bridgehead atoms. The predicted molar refractivity (Wildman–Crippen MR) is 123 cm³/mol. The van der Waals surface area contributed by atoms with Gasteiger partial charge in [0.15, 0.2) is 0 Å². The molecule has 2 N–H and O–H groups in total. The minimum Gasteiger partial charge on any atom is -0.478 e. The number of carbonyl (C=O) groups is 2. The average molecular weight is 479 g/mol. The third-order valence-corrected chi connectivity index (χ3v) is 5.60. The number of benzene rings is 3. The lowest BCUT2D eigenvalue weighted by Gasteiger charge is -2.14. The lowest BCUT2D eigenvalue weighted by Crippen LogP contribution is -2.26. The highest BCUT2D eigenvalue weighted by Crippen LogP contribution is 2.44. The van der Waals surface area contributed by atoms with Crippen molar-refractivity contribution in [3.05, 3.63) is 94.5 Å². The molecule has 0 saturated heterocycles. The number of ether oxygens (including phenoxy) is 1. The van der Waals surface area contributed by atoms with E-state index in [-0.39, 0.29) is 31.1 Å². The first-order chi connectivity index (χ1) is 16.7. The molecule has 0 spiro atoms. The fourth-order valence-electron chi connectivity index (χ4n) is 4.03. The summed E-state index contributed by atoms with van der Waals surface area (Å²) in [7, 11) is 0. The number of alkyl halides is 3. The minimum absolute atomic E-state index is 0.0710. The van der Waals surface area contributed by atoms with Gasteiger partial charge < -0.3 is 15.2 Å². The van der Waals surface area contributed by atoms with Crippen LogP contribution in [0, 0.1) is 11.8 Å². The molecule has 35 heavy (non-hydrogen) atoms. The second kappa shape index (κ2) is 9.94. The summed E-state index contributed by atoms with van der Waals surface area (Å²) in [4.78, 5) is 23.3. The van der Waals surface area contributed by atoms with Crippen LogP contribution in [0.3, 0.4) is 0 Å². The zero-order valence-electron chi connectivity index (χ0n) is 18.4. The summed E-state index contributed by atoms with van der Waals surface area (Å²) in [5.74, 6) is 3.62. The van der Waals surface area contributed by atoms with Crippen molar-refractivity contribution < 1.29 is 32.6 Å². The van der Waals surface area contributed by atoms with Gasteiger partial charge in [0.25, 0.3) is 0 Å². The van der Waals surface area contributed by atoms with Crippen molar-refractivity contribution in [2.45, 2.75) is 18.5 Å². The number of carboxylic acid groups (broad SMARTS) is 1. The Bertz CT molecular complexity index is 1290. The fraction of sp³-hybridized carbons (Fsp3) is 0.185. The Morgan fingerprint density at radius 3 is 2.20 bits per heavy atom. The molecule has 5 nitrogen and oxygen atoms in total. The van der Waals surface area contributed by atoms with Gasteiger partial charge in [0.05, 0.1) is 11.1 Å². The molecule has 0 aliphatic heterocycles. The summed E-state index contributed by atoms with van der Waals surface area (Å²) in [6.45, 7) is 0.280. The third-order valence-electron chi connectivity index (χ3n) is 5.60. The van der Waals surface area contributed by atoms with Gasteiger partial charge in [-0.1, -0.05) is 60.4 Å². The largest absolute Gasteiger partial charge is 0.478 e. The maximum atomic E-state index is 13.0. The fourth-order valence-corrected chi connectivity index (χ4v) is 4.03. The van der Waals surface area contributed by atoms with E-state index in [1.54, 1.807) is 0 Å². The molecule has 0 heterocycles. The number of halogens is 3. The summed E-state index contributed by atoms with van der Waals surface area (Å²) in [6.07, 6.45) is -5.17. The van der Waals surface area contributed by atoms with Crippen LogP contribution in [-0.4, -0.2) is 30.3 Å². The maximum Gasteiger partial charge on any atom is 0.416 e. The summed E-state index contributed by atoms with van der Waals surface area (Å²) in [6, 6.07) is 18.4. The number of carboxylic acids is 1. The zero-order chi connectivity index (χ0) is 25.0. The second-order valence-corrected chi connectivity index (χ2v) is 7.91. The monoisotopic (exact) mass is 479 g/mol. The van der Waals surface area contributed by atoms with Crippen LogP contribution in [0.15, 0.2) is 66.7 Å². The minimum atomic E-state index is -4.69. The van der Waals surface area contributed by atoms with E-state index in [1.807, 2.05) is 48.5 Å². The van der Waals surface area contributed by atoms with E-state index in [4.69, 9.17) is 9.84 Å². The van der Waals surface area contributed by atoms with Gasteiger partial charge in [-0.2, -0.15) is 13.2 Å². The number of rotatable bonds is 5. The molecule has 178 valence electrons. The number of carbonyl (C=O) groups excluding carboxylic acids is 1. The quantitative estimate of drug-likeness (QED) is 0.365. The van der Waals surface area contributed by atoms with Crippen molar-refractivity contribution in [3.8, 4) is 23.0 Å². The smallest absolute Gasteiger partial charge is 0.416 e. The molecule has 1 aliphatic rings. The SMILES string of the molecule is O=C(NCCC#Cc1cc(C(=O)O)cc(C(F)(F)F)c1)OCC1c2ccccc2-c2ccccc21. The topological polar surface area (TPSA) is 75.6 Å². The standard InChI is InChI=1S/C27H20F3NO4/c28-27(29,30)19-14-17(13-18(15-19)25(32)33)7-5-6-12-31-26(34)35-16-24-22-10-3-1-8-20(22)21-9-2-4-11-23(21)24/h1-4,8-11,13-15,24H,6,12,16H2,(H,31,34)(H,32,33). The van der Waals surface area contributed by atoms with Gasteiger partial charge >= 0.3 is 18.2 Å². The third kappa shape index (κ3) is 5.46. The van der Waals surface area contributed by atoms with Crippen LogP contribution in [0.5, 0.6) is 0 Å². The van der Waals surface area contributed by atoms with Gasteiger partial charge in [-0.05, 0) is 40.5 Å². The summed E-state index contributed by atoms with van der Waals surface area (Å²) < 4.78 is 44.4. The van der Waals surface area contributed by atoms with Gasteiger partial charge in [-0.25, -0.2) is 9.59 Å². The number of hydrogen-bond acceptors (Lipinski definition) is 3. The van der Waals surface area contributed by atoms with Crippen LogP contribution in [-0.2, 0) is 10.9 Å². The molecule has 1 amide bonds. The van der Waals surface area contributed by atoms with Crippen LogP contribution in [0.4, 0.5) is 18.0 Å². The molecule has 3 aromatic rings. The lowest BCUT2D eigenvalue weighted by atomic mass is 9.98. The Morgan fingerprint density at radius 2 is 1.60 bits per heavy atom. The zero-order valence-corrected chi connectivity index (χ0v) is 18.4. The lowest BCUT2D eigenvalue weighted by molar-refractivity contribution is -0.137. The highest BCUT2D eigenvalue weighted by Gasteiger charge is 2.32. The Labute approximate surface area is 199 Å². The van der Waals surface area contributed by atoms with Crippen LogP contribution in [0.2, 0.25) is 0 Å². The van der Waals surface area contributed by atoms with E-state index >= 15 is 0 Å². The first kappa shape index (κ1) is 23.9. The molecule has 0 unspecified atom stereocenters. The number of nitrogens with one attached hydrogen (secondary N) is 1. The molecule has 0 fully saturated rings. The van der Waals surface area contributed by atoms with E-state index in [1.165, 1.54) is 0 Å². The Kier molecular flexibility index (Phi) is 6.78. The van der Waals surface area contributed by atoms with Crippen molar-refractivity contribution in [2.24, 2.45) is 0 Å². The predicted octanol–water partition coefficient (Wildman–Crippen LogP) is 5.68. The molecule has 0 aromatic heterocycles. The summed E-state index contributed by atoms with van der Waals surface area (Å²) in [5.41, 5.74) is 2.77. The number of alkyl carbamates (subject to hydrolysis) is 1. The van der Waals surface area contributed by atoms with E-state index in [2.05, 4.69) is 17.2 Å². The molecule has 0 atom stereocenters. The van der Waals surface area contributed by atoms with Crippen LogP contribution >= 0.6 is 0 Å². The van der Waals surface area contributed by atoms with E-state index in [0.717, 1.165) is 34.4 Å². The number of aromatic carboxylic acids is 1. The van der Waals surface area contributed by atoms with Gasteiger partial charge in [-0.3, -0.25) is 0 Å². The number of hydrogen-bond donors (Lipinski definition) is 2. The van der Waals surface area contributed by atoms with Crippen molar-refractivity contribution in [1.29, 1.82) is 0 Å². The van der Waals surface area contributed by atoms with Gasteiger partial charge in [-0.15, -0.1) is 0 Å². The summed E-state index contributed by atoms with van der Waals surface area (Å²) in [5, 5.41) is 11.6. The van der Waals surface area contributed by atoms with E-state index in [0.29, 0.717) is 6.07 Å². The Morgan fingerprint density at radius 1 is 0.971 bits per heavy atom. The van der Waals surface area contributed by atoms with Crippen LogP contribution in [0.1, 0.15) is 45.0 Å². The summed E-state index contributed by atoms with van der Waals surface area (Å²) >= 11 is 0. The van der Waals surface area contributed by atoms with Gasteiger partial charge in [0.2, 0.25) is 0 Å². The molecule has 8 heteroatoms. The Hall–Kier alpha value is -4.25. The second-order valence-electron chi connectivity index (χ2n) is 7.91. The molecular weight excluding hydrogens is 459 g/mol. The Balaban J connectivity index is 1.32. The molecule has 0 saturated carbocycles. The van der Waals surface area contributed by atoms with E-state index < -0.39 is 29.4 Å². The van der Waals surface area contributed by atoms with Crippen molar-refractivity contribution in [2.75, 3.05) is 13.2 Å². The number of amides is 1. The van der Waals surface area contributed by atoms with Gasteiger partial charge in [0, 0.05) is 24.4 Å². The molecule has 0 radical (unpaired) electrons. The molecular formula is C27H20F3NO4. The van der Waals surface area contributed by atoms with Gasteiger partial charge in [0.1, 0.15) is 6.61 Å². The average Bonchev–Trinajstić information content (AvgIpc) is 3.15. The van der Waals surface area contributed by atoms with Crippen LogP contribution < -0.4 is 5.32 Å². The van der Waals surface area contributed by atoms with Crippen molar-refractivity contribution in [1.82, 2.24) is 5.32 Å². The molecule has 4 rings (SSSR count). The normalized spacial score (nSPS) is 12.2. The highest BCUT2D eigenvalue weighted by molar-refractivity contribution is 5.88. The van der Waals surface area contributed by atoms with Crippen molar-refractivity contribution >= 4 is 12.1 Å². The molecule has 1 aliphatic carbocycles. The first-order valence-electron chi connectivity index (χ1n) is 10.8. The highest BCUT2D eigenvalue weighted by atomic mass is 19.4. The number of fused-ring (bicyclic) bond motifs is 3. The first-order valence-corrected chi connectivity index (χ1v) is 10.8. The van der Waals surface area contributed by atoms with Crippen molar-refractivity contribution in [3.63, 3.8) is 0 Å². The molecule has 3 aromatic carbocycles. The maximum absolute atomic E-state index is 13.0. The van der Waals surface area contributed by atoms with E-state index in [9.17, 15) is 22.8 Å². The van der Waals surface area contributed by atoms with Crippen LogP contribution in [0.25, 0.3) is 11.1 Å².